The van der Waals surface area contributed by atoms with E-state index in [-0.39, 0.29) is 0 Å². The van der Waals surface area contributed by atoms with Gasteiger partial charge in [-0.05, 0) is 12.8 Å². The first kappa shape index (κ1) is 9.48. The summed E-state index contributed by atoms with van der Waals surface area (Å²) in [6.07, 6.45) is 5.70. The van der Waals surface area contributed by atoms with Crippen LogP contribution in [0.3, 0.4) is 0 Å². The molecule has 1 fully saturated rings. The maximum atomic E-state index is 5.67. The molecule has 1 aliphatic heterocycles. The number of nitrogens with two attached hydrogens (primary N) is 1. The van der Waals surface area contributed by atoms with Gasteiger partial charge in [-0.1, -0.05) is 0 Å². The van der Waals surface area contributed by atoms with Gasteiger partial charge < -0.3 is 19.8 Å². The Balaban J connectivity index is 1.76. The monoisotopic (exact) mass is 197 g/mol. The predicted octanol–water partition coefficient (Wildman–Crippen LogP) is 0.618. The fourth-order valence-corrected chi connectivity index (χ4v) is 1.48. The molecule has 1 aromatic heterocycles. The van der Waals surface area contributed by atoms with Crippen LogP contribution in [-0.4, -0.2) is 28.9 Å². The molecule has 0 saturated carbocycles. The third-order valence-electron chi connectivity index (χ3n) is 2.28. The third-order valence-corrected chi connectivity index (χ3v) is 2.28. The van der Waals surface area contributed by atoms with Crippen LogP contribution in [0.5, 0.6) is 0 Å². The van der Waals surface area contributed by atoms with Gasteiger partial charge in [-0.2, -0.15) is 0 Å². The van der Waals surface area contributed by atoms with Gasteiger partial charge >= 0.3 is 0 Å². The van der Waals surface area contributed by atoms with Crippen molar-refractivity contribution in [3.05, 3.63) is 12.5 Å². The Kier molecular flexibility index (Phi) is 3.00. The molecule has 0 bridgehead atoms. The molecule has 2 heterocycles. The molecular formula is C9H15N3O2. The van der Waals surface area contributed by atoms with Crippen molar-refractivity contribution >= 4 is 5.82 Å². The highest BCUT2D eigenvalue weighted by molar-refractivity contribution is 5.22. The average molecular weight is 197 g/mol. The lowest BCUT2D eigenvalue weighted by molar-refractivity contribution is -0.0568. The molecule has 1 aromatic rings. The molecule has 1 saturated heterocycles. The summed E-state index contributed by atoms with van der Waals surface area (Å²) in [4.78, 5) is 3.92. The fourth-order valence-electron chi connectivity index (χ4n) is 1.48. The molecule has 0 atom stereocenters. The second-order valence-corrected chi connectivity index (χ2v) is 3.42. The van der Waals surface area contributed by atoms with E-state index in [0.717, 1.165) is 26.1 Å². The number of nitrogens with zero attached hydrogens (tertiary/aromatic N) is 2. The van der Waals surface area contributed by atoms with Crippen molar-refractivity contribution in [2.24, 2.45) is 0 Å². The molecule has 14 heavy (non-hydrogen) atoms. The summed E-state index contributed by atoms with van der Waals surface area (Å²) in [5, 5.41) is 0. The van der Waals surface area contributed by atoms with Gasteiger partial charge in [0.1, 0.15) is 12.5 Å². The number of rotatable bonds is 3. The quantitative estimate of drug-likeness (QED) is 0.771. The molecule has 78 valence electrons. The van der Waals surface area contributed by atoms with Crippen molar-refractivity contribution < 1.29 is 9.47 Å². The van der Waals surface area contributed by atoms with Gasteiger partial charge in [0.25, 0.3) is 0 Å². The van der Waals surface area contributed by atoms with Crippen LogP contribution in [0.25, 0.3) is 0 Å². The Hall–Kier alpha value is -1.07. The molecule has 2 rings (SSSR count). The van der Waals surface area contributed by atoms with E-state index >= 15 is 0 Å². The van der Waals surface area contributed by atoms with E-state index < -0.39 is 0 Å². The van der Waals surface area contributed by atoms with Crippen molar-refractivity contribution in [1.29, 1.82) is 0 Å². The van der Waals surface area contributed by atoms with Crippen LogP contribution in [0, 0.1) is 0 Å². The van der Waals surface area contributed by atoms with Gasteiger partial charge in [0.2, 0.25) is 0 Å². The first-order valence-electron chi connectivity index (χ1n) is 4.81. The van der Waals surface area contributed by atoms with E-state index in [1.165, 1.54) is 0 Å². The maximum Gasteiger partial charge on any atom is 0.141 e. The first-order valence-corrected chi connectivity index (χ1v) is 4.81. The molecular weight excluding hydrogens is 182 g/mol. The SMILES string of the molecule is Nc1cn(COC2CCOCC2)cn1. The topological polar surface area (TPSA) is 62.3 Å². The highest BCUT2D eigenvalue weighted by Crippen LogP contribution is 2.11. The van der Waals surface area contributed by atoms with Crippen LogP contribution < -0.4 is 5.73 Å². The van der Waals surface area contributed by atoms with E-state index in [0.29, 0.717) is 18.7 Å². The predicted molar refractivity (Wildman–Crippen MR) is 51.6 cm³/mol. The Morgan fingerprint density at radius 1 is 1.57 bits per heavy atom. The highest BCUT2D eigenvalue weighted by Gasteiger charge is 2.13. The summed E-state index contributed by atoms with van der Waals surface area (Å²) in [5.41, 5.74) is 5.48. The van der Waals surface area contributed by atoms with Gasteiger partial charge in [0, 0.05) is 19.4 Å². The smallest absolute Gasteiger partial charge is 0.141 e. The Morgan fingerprint density at radius 2 is 2.36 bits per heavy atom. The summed E-state index contributed by atoms with van der Waals surface area (Å²) >= 11 is 0. The maximum absolute atomic E-state index is 5.67. The molecule has 2 N–H and O–H groups in total. The molecule has 5 heteroatoms. The number of hydrogen-bond acceptors (Lipinski definition) is 4. The average Bonchev–Trinajstić information content (AvgIpc) is 2.63. The summed E-state index contributed by atoms with van der Waals surface area (Å²) in [7, 11) is 0. The van der Waals surface area contributed by atoms with Crippen LogP contribution in [-0.2, 0) is 16.2 Å². The summed E-state index contributed by atoms with van der Waals surface area (Å²) in [6.45, 7) is 2.13. The van der Waals surface area contributed by atoms with Crippen LogP contribution in [0.2, 0.25) is 0 Å². The first-order chi connectivity index (χ1) is 6.84. The van der Waals surface area contributed by atoms with Crippen molar-refractivity contribution in [2.75, 3.05) is 18.9 Å². The largest absolute Gasteiger partial charge is 0.382 e. The zero-order valence-corrected chi connectivity index (χ0v) is 8.06. The van der Waals surface area contributed by atoms with E-state index in [1.807, 2.05) is 4.57 Å². The molecule has 0 amide bonds. The van der Waals surface area contributed by atoms with Gasteiger partial charge in [-0.15, -0.1) is 0 Å². The van der Waals surface area contributed by atoms with Crippen LogP contribution >= 0.6 is 0 Å². The zero-order valence-electron chi connectivity index (χ0n) is 8.06. The minimum Gasteiger partial charge on any atom is -0.382 e. The zero-order chi connectivity index (χ0) is 9.80. The van der Waals surface area contributed by atoms with Gasteiger partial charge in [-0.25, -0.2) is 4.98 Å². The second-order valence-electron chi connectivity index (χ2n) is 3.42. The Bertz CT molecular complexity index is 281. The minimum absolute atomic E-state index is 0.312. The molecule has 0 aliphatic carbocycles. The van der Waals surface area contributed by atoms with Gasteiger partial charge in [-0.3, -0.25) is 0 Å². The van der Waals surface area contributed by atoms with E-state index in [4.69, 9.17) is 15.2 Å². The lowest BCUT2D eigenvalue weighted by atomic mass is 10.2. The molecule has 5 nitrogen and oxygen atoms in total. The van der Waals surface area contributed by atoms with Crippen LogP contribution in [0.4, 0.5) is 5.82 Å². The van der Waals surface area contributed by atoms with Gasteiger partial charge in [0.05, 0.1) is 12.4 Å². The summed E-state index contributed by atoms with van der Waals surface area (Å²) in [6, 6.07) is 0. The lowest BCUT2D eigenvalue weighted by Gasteiger charge is -2.22. The second kappa shape index (κ2) is 4.43. The fraction of sp³-hybridized carbons (Fsp3) is 0.667. The van der Waals surface area contributed by atoms with Crippen molar-refractivity contribution in [2.45, 2.75) is 25.7 Å². The van der Waals surface area contributed by atoms with E-state index in [1.54, 1.807) is 12.5 Å². The van der Waals surface area contributed by atoms with Crippen LogP contribution in [0.1, 0.15) is 12.8 Å². The van der Waals surface area contributed by atoms with Crippen LogP contribution in [0.15, 0.2) is 12.5 Å². The van der Waals surface area contributed by atoms with Gasteiger partial charge in [0.15, 0.2) is 0 Å². The van der Waals surface area contributed by atoms with Crippen molar-refractivity contribution in [1.82, 2.24) is 9.55 Å². The standard InChI is InChI=1S/C9H15N3O2/c10-9-5-12(6-11-9)7-14-8-1-3-13-4-2-8/h5-6,8H,1-4,7,10H2. The minimum atomic E-state index is 0.312. The molecule has 0 radical (unpaired) electrons. The van der Waals surface area contributed by atoms with Crippen molar-refractivity contribution in [3.8, 4) is 0 Å². The normalized spacial score (nSPS) is 18.6. The number of hydrogen-bond donors (Lipinski definition) is 1. The summed E-state index contributed by atoms with van der Waals surface area (Å²) in [5.74, 6) is 0.528. The number of aromatic nitrogens is 2. The number of imidazole rings is 1. The molecule has 0 unspecified atom stereocenters. The Labute approximate surface area is 82.8 Å². The number of nitrogen functional groups attached to an aromatic ring is 1. The summed E-state index contributed by atoms with van der Waals surface area (Å²) < 4.78 is 12.7. The van der Waals surface area contributed by atoms with E-state index in [2.05, 4.69) is 4.98 Å². The highest BCUT2D eigenvalue weighted by atomic mass is 16.5. The molecule has 0 aromatic carbocycles. The van der Waals surface area contributed by atoms with Crippen molar-refractivity contribution in [3.63, 3.8) is 0 Å². The van der Waals surface area contributed by atoms with E-state index in [9.17, 15) is 0 Å². The molecule has 0 spiro atoms. The Morgan fingerprint density at radius 3 is 3.00 bits per heavy atom. The number of ether oxygens (including phenoxy) is 2. The third kappa shape index (κ3) is 2.46. The number of anilines is 1. The molecule has 1 aliphatic rings. The lowest BCUT2D eigenvalue weighted by Crippen LogP contribution is -2.24.